The maximum Gasteiger partial charge on any atom is 0.293 e. The fourth-order valence-corrected chi connectivity index (χ4v) is 3.85. The number of hydrogen-bond donors (Lipinski definition) is 1. The van der Waals surface area contributed by atoms with E-state index in [1.54, 1.807) is 0 Å². The normalized spacial score (nSPS) is 16.8. The number of rotatable bonds is 4. The van der Waals surface area contributed by atoms with E-state index in [1.165, 1.54) is 23.5 Å². The maximum absolute atomic E-state index is 12.6. The summed E-state index contributed by atoms with van der Waals surface area (Å²) in [5, 5.41) is 11.1. The Labute approximate surface area is 134 Å². The number of piperidine rings is 1. The van der Waals surface area contributed by atoms with Gasteiger partial charge >= 0.3 is 0 Å². The standard InChI is InChI=1S/C12H17N3O5S.ClH/c1-20-10-2-3-12(11(8-10)15(16)17)21(18,19)14-6-4-9(13)5-7-14;/h2-3,8-9H,4-7,13H2,1H3;1H. The molecular formula is C12H18ClN3O5S. The van der Waals surface area contributed by atoms with E-state index in [9.17, 15) is 18.5 Å². The van der Waals surface area contributed by atoms with E-state index in [-0.39, 0.29) is 42.2 Å². The number of halogens is 1. The monoisotopic (exact) mass is 351 g/mol. The number of nitrogens with zero attached hydrogens (tertiary/aromatic N) is 2. The Morgan fingerprint density at radius 1 is 1.36 bits per heavy atom. The molecule has 124 valence electrons. The van der Waals surface area contributed by atoms with Gasteiger partial charge < -0.3 is 10.5 Å². The van der Waals surface area contributed by atoms with Crippen LogP contribution in [0.4, 0.5) is 5.69 Å². The third-order valence-corrected chi connectivity index (χ3v) is 5.43. The summed E-state index contributed by atoms with van der Waals surface area (Å²) in [6.07, 6.45) is 1.09. The summed E-state index contributed by atoms with van der Waals surface area (Å²) in [6, 6.07) is 3.70. The first-order valence-corrected chi connectivity index (χ1v) is 7.88. The lowest BCUT2D eigenvalue weighted by Crippen LogP contribution is -2.42. The largest absolute Gasteiger partial charge is 0.497 e. The number of ether oxygens (including phenoxy) is 1. The van der Waals surface area contributed by atoms with Crippen LogP contribution in [0.2, 0.25) is 0 Å². The average Bonchev–Trinajstić information content (AvgIpc) is 2.47. The van der Waals surface area contributed by atoms with Crippen molar-refractivity contribution in [3.8, 4) is 5.75 Å². The van der Waals surface area contributed by atoms with Gasteiger partial charge in [0.15, 0.2) is 4.90 Å². The molecule has 0 unspecified atom stereocenters. The van der Waals surface area contributed by atoms with Gasteiger partial charge in [-0.1, -0.05) is 0 Å². The number of methoxy groups -OCH3 is 1. The summed E-state index contributed by atoms with van der Waals surface area (Å²) in [4.78, 5) is 10.1. The van der Waals surface area contributed by atoms with Gasteiger partial charge in [-0.2, -0.15) is 4.31 Å². The molecule has 0 radical (unpaired) electrons. The van der Waals surface area contributed by atoms with Crippen molar-refractivity contribution < 1.29 is 18.1 Å². The Morgan fingerprint density at radius 3 is 2.45 bits per heavy atom. The van der Waals surface area contributed by atoms with Gasteiger partial charge in [0.2, 0.25) is 10.0 Å². The van der Waals surface area contributed by atoms with E-state index in [1.807, 2.05) is 0 Å². The minimum absolute atomic E-state index is 0. The molecule has 1 aromatic carbocycles. The van der Waals surface area contributed by atoms with Crippen LogP contribution in [0.3, 0.4) is 0 Å². The topological polar surface area (TPSA) is 116 Å². The quantitative estimate of drug-likeness (QED) is 0.642. The van der Waals surface area contributed by atoms with Crippen LogP contribution in [0.5, 0.6) is 5.75 Å². The highest BCUT2D eigenvalue weighted by Crippen LogP contribution is 2.31. The molecule has 10 heteroatoms. The molecule has 1 saturated heterocycles. The Kier molecular flexibility index (Phi) is 6.12. The van der Waals surface area contributed by atoms with Crippen molar-refractivity contribution in [2.75, 3.05) is 20.2 Å². The van der Waals surface area contributed by atoms with Crippen LogP contribution < -0.4 is 10.5 Å². The summed E-state index contributed by atoms with van der Waals surface area (Å²) < 4.78 is 31.3. The van der Waals surface area contributed by atoms with Gasteiger partial charge in [-0.3, -0.25) is 10.1 Å². The molecule has 2 rings (SSSR count). The third kappa shape index (κ3) is 3.67. The van der Waals surface area contributed by atoms with Crippen LogP contribution in [-0.4, -0.2) is 43.9 Å². The lowest BCUT2D eigenvalue weighted by Gasteiger charge is -2.29. The maximum atomic E-state index is 12.6. The lowest BCUT2D eigenvalue weighted by molar-refractivity contribution is -0.387. The van der Waals surface area contributed by atoms with Crippen molar-refractivity contribution >= 4 is 28.1 Å². The van der Waals surface area contributed by atoms with Crippen molar-refractivity contribution in [3.63, 3.8) is 0 Å². The van der Waals surface area contributed by atoms with Gasteiger partial charge in [0.25, 0.3) is 5.69 Å². The summed E-state index contributed by atoms with van der Waals surface area (Å²) >= 11 is 0. The van der Waals surface area contributed by atoms with Gasteiger partial charge in [0, 0.05) is 19.1 Å². The first-order valence-electron chi connectivity index (χ1n) is 6.44. The Morgan fingerprint density at radius 2 is 1.95 bits per heavy atom. The summed E-state index contributed by atoms with van der Waals surface area (Å²) in [7, 11) is -2.55. The highest BCUT2D eigenvalue weighted by atomic mass is 35.5. The first-order chi connectivity index (χ1) is 9.86. The van der Waals surface area contributed by atoms with E-state index in [0.29, 0.717) is 12.8 Å². The second kappa shape index (κ2) is 7.23. The van der Waals surface area contributed by atoms with Crippen LogP contribution in [-0.2, 0) is 10.0 Å². The summed E-state index contributed by atoms with van der Waals surface area (Å²) in [5.74, 6) is 0.237. The molecule has 8 nitrogen and oxygen atoms in total. The number of nitro groups is 1. The molecule has 0 saturated carbocycles. The van der Waals surface area contributed by atoms with Gasteiger partial charge in [0.05, 0.1) is 18.1 Å². The molecule has 1 aliphatic rings. The second-order valence-corrected chi connectivity index (χ2v) is 6.74. The molecule has 1 aromatic rings. The number of nitro benzene ring substituents is 1. The van der Waals surface area contributed by atoms with Crippen molar-refractivity contribution in [1.82, 2.24) is 4.31 Å². The van der Waals surface area contributed by atoms with Crippen molar-refractivity contribution in [2.45, 2.75) is 23.8 Å². The molecular weight excluding hydrogens is 334 g/mol. The molecule has 1 fully saturated rings. The van der Waals surface area contributed by atoms with E-state index >= 15 is 0 Å². The minimum Gasteiger partial charge on any atom is -0.497 e. The fraction of sp³-hybridized carbons (Fsp3) is 0.500. The Hall–Kier alpha value is -1.42. The Balaban J connectivity index is 0.00000242. The molecule has 0 aromatic heterocycles. The van der Waals surface area contributed by atoms with Crippen LogP contribution in [0.1, 0.15) is 12.8 Å². The number of sulfonamides is 1. The molecule has 1 aliphatic heterocycles. The lowest BCUT2D eigenvalue weighted by atomic mass is 10.1. The molecule has 0 bridgehead atoms. The molecule has 22 heavy (non-hydrogen) atoms. The molecule has 2 N–H and O–H groups in total. The number of hydrogen-bond acceptors (Lipinski definition) is 6. The molecule has 0 aliphatic carbocycles. The smallest absolute Gasteiger partial charge is 0.293 e. The summed E-state index contributed by atoms with van der Waals surface area (Å²) in [5.41, 5.74) is 5.27. The van der Waals surface area contributed by atoms with E-state index < -0.39 is 20.6 Å². The van der Waals surface area contributed by atoms with E-state index in [4.69, 9.17) is 10.5 Å². The molecule has 1 heterocycles. The first kappa shape index (κ1) is 18.6. The van der Waals surface area contributed by atoms with Crippen molar-refractivity contribution in [3.05, 3.63) is 28.3 Å². The zero-order valence-electron chi connectivity index (χ0n) is 12.0. The van der Waals surface area contributed by atoms with E-state index in [0.717, 1.165) is 6.07 Å². The predicted octanol–water partition coefficient (Wildman–Crippen LogP) is 1.14. The Bertz CT molecular complexity index is 644. The zero-order valence-corrected chi connectivity index (χ0v) is 13.6. The highest BCUT2D eigenvalue weighted by Gasteiger charge is 2.33. The molecule has 0 atom stereocenters. The van der Waals surface area contributed by atoms with Crippen molar-refractivity contribution in [2.24, 2.45) is 5.73 Å². The number of benzene rings is 1. The highest BCUT2D eigenvalue weighted by molar-refractivity contribution is 7.89. The predicted molar refractivity (Wildman–Crippen MR) is 82.9 cm³/mol. The van der Waals surface area contributed by atoms with Crippen LogP contribution >= 0.6 is 12.4 Å². The van der Waals surface area contributed by atoms with Gasteiger partial charge in [0.1, 0.15) is 5.75 Å². The fourth-order valence-electron chi connectivity index (χ4n) is 2.24. The second-order valence-electron chi connectivity index (χ2n) is 4.83. The molecule has 0 spiro atoms. The SMILES string of the molecule is COc1ccc(S(=O)(=O)N2CCC(N)CC2)c([N+](=O)[O-])c1.Cl. The number of nitrogens with two attached hydrogens (primary N) is 1. The third-order valence-electron chi connectivity index (χ3n) is 3.48. The van der Waals surface area contributed by atoms with Crippen molar-refractivity contribution in [1.29, 1.82) is 0 Å². The minimum atomic E-state index is -3.91. The molecule has 0 amide bonds. The van der Waals surface area contributed by atoms with Gasteiger partial charge in [-0.15, -0.1) is 12.4 Å². The van der Waals surface area contributed by atoms with Crippen LogP contribution in [0.15, 0.2) is 23.1 Å². The van der Waals surface area contributed by atoms with Crippen LogP contribution in [0, 0.1) is 10.1 Å². The van der Waals surface area contributed by atoms with Gasteiger partial charge in [-0.25, -0.2) is 8.42 Å². The van der Waals surface area contributed by atoms with Gasteiger partial charge in [-0.05, 0) is 25.0 Å². The van der Waals surface area contributed by atoms with E-state index in [2.05, 4.69) is 0 Å². The van der Waals surface area contributed by atoms with Crippen LogP contribution in [0.25, 0.3) is 0 Å². The average molecular weight is 352 g/mol. The zero-order chi connectivity index (χ0) is 15.6. The summed E-state index contributed by atoms with van der Waals surface area (Å²) in [6.45, 7) is 0.541.